The molecule has 2 nitrogen and oxygen atoms in total. The van der Waals surface area contributed by atoms with Gasteiger partial charge in [-0.15, -0.1) is 0 Å². The van der Waals surface area contributed by atoms with Gasteiger partial charge in [-0.2, -0.15) is 0 Å². The van der Waals surface area contributed by atoms with Crippen LogP contribution in [0.15, 0.2) is 18.2 Å². The van der Waals surface area contributed by atoms with E-state index in [1.54, 1.807) is 0 Å². The molecule has 0 bridgehead atoms. The van der Waals surface area contributed by atoms with Gasteiger partial charge in [0.05, 0.1) is 0 Å². The van der Waals surface area contributed by atoms with Crippen molar-refractivity contribution in [2.45, 2.75) is 63.6 Å². The van der Waals surface area contributed by atoms with Gasteiger partial charge in [0.2, 0.25) is 0 Å². The van der Waals surface area contributed by atoms with Gasteiger partial charge in [-0.3, -0.25) is 0 Å². The average Bonchev–Trinajstić information content (AvgIpc) is 3.20. The lowest BCUT2D eigenvalue weighted by Gasteiger charge is -2.39. The second-order valence-corrected chi connectivity index (χ2v) is 7.43. The molecule has 1 N–H and O–H groups in total. The van der Waals surface area contributed by atoms with Gasteiger partial charge >= 0.3 is 0 Å². The number of fused-ring (bicyclic) bond motifs is 1. The maximum atomic E-state index is 6.53. The number of anilines is 1. The van der Waals surface area contributed by atoms with E-state index in [0.717, 1.165) is 29.6 Å². The van der Waals surface area contributed by atoms with E-state index in [4.69, 9.17) is 11.6 Å². The second kappa shape index (κ2) is 5.81. The maximum Gasteiger partial charge on any atom is 0.0471 e. The summed E-state index contributed by atoms with van der Waals surface area (Å²) in [7, 11) is 0. The van der Waals surface area contributed by atoms with Crippen LogP contribution >= 0.6 is 11.6 Å². The Kier molecular flexibility index (Phi) is 3.85. The summed E-state index contributed by atoms with van der Waals surface area (Å²) >= 11 is 6.53. The highest BCUT2D eigenvalue weighted by Gasteiger charge is 2.35. The van der Waals surface area contributed by atoms with Crippen LogP contribution in [0.3, 0.4) is 0 Å². The molecule has 2 atom stereocenters. The molecule has 0 aromatic heterocycles. The van der Waals surface area contributed by atoms with E-state index in [9.17, 15) is 0 Å². The van der Waals surface area contributed by atoms with E-state index >= 15 is 0 Å². The summed E-state index contributed by atoms with van der Waals surface area (Å²) in [5, 5.41) is 4.48. The summed E-state index contributed by atoms with van der Waals surface area (Å²) in [6.07, 6.45) is 9.62. The van der Waals surface area contributed by atoms with Crippen LogP contribution in [0.5, 0.6) is 0 Å². The molecule has 1 saturated heterocycles. The van der Waals surface area contributed by atoms with Crippen molar-refractivity contribution in [1.82, 2.24) is 5.32 Å². The van der Waals surface area contributed by atoms with Gasteiger partial charge in [0.25, 0.3) is 0 Å². The third kappa shape index (κ3) is 2.93. The second-order valence-electron chi connectivity index (χ2n) is 7.02. The molecule has 4 rings (SSSR count). The lowest BCUT2D eigenvalue weighted by Crippen LogP contribution is -2.42. The first-order chi connectivity index (χ1) is 10.3. The first kappa shape index (κ1) is 13.9. The molecule has 1 aliphatic heterocycles. The zero-order chi connectivity index (χ0) is 14.2. The average molecular weight is 305 g/mol. The predicted molar refractivity (Wildman–Crippen MR) is 89.0 cm³/mol. The Morgan fingerprint density at radius 3 is 2.76 bits per heavy atom. The molecule has 0 amide bonds. The first-order valence-corrected chi connectivity index (χ1v) is 8.97. The summed E-state index contributed by atoms with van der Waals surface area (Å²) in [5.41, 5.74) is 2.58. The third-order valence-corrected chi connectivity index (χ3v) is 5.87. The molecule has 2 unspecified atom stereocenters. The van der Waals surface area contributed by atoms with Gasteiger partial charge in [0.15, 0.2) is 0 Å². The lowest BCUT2D eigenvalue weighted by atomic mass is 9.91. The topological polar surface area (TPSA) is 15.3 Å². The number of piperidine rings is 1. The normalized spacial score (nSPS) is 28.7. The van der Waals surface area contributed by atoms with Crippen molar-refractivity contribution in [1.29, 1.82) is 0 Å². The van der Waals surface area contributed by atoms with Crippen LogP contribution in [0.25, 0.3) is 0 Å². The molecule has 2 aliphatic carbocycles. The van der Waals surface area contributed by atoms with Crippen LogP contribution in [0.1, 0.15) is 50.5 Å². The van der Waals surface area contributed by atoms with Crippen molar-refractivity contribution < 1.29 is 0 Å². The van der Waals surface area contributed by atoms with Crippen molar-refractivity contribution in [3.05, 3.63) is 28.8 Å². The molecule has 3 aliphatic rings. The zero-order valence-corrected chi connectivity index (χ0v) is 13.4. The molecular weight excluding hydrogens is 280 g/mol. The molecule has 1 aromatic rings. The standard InChI is InChI=1S/C18H25ClN2/c19-17-11-16(9-6-14(17)12-20-15-7-8-15)21-10-2-4-13-3-1-5-18(13)21/h6,9,11,13,15,18,20H,1-5,7-8,10,12H2. The van der Waals surface area contributed by atoms with Crippen molar-refractivity contribution in [2.75, 3.05) is 11.4 Å². The number of hydrogen-bond acceptors (Lipinski definition) is 2. The SMILES string of the molecule is Clc1cc(N2CCCC3CCCC32)ccc1CNC1CC1. The summed E-state index contributed by atoms with van der Waals surface area (Å²) in [4.78, 5) is 2.63. The monoisotopic (exact) mass is 304 g/mol. The molecule has 0 radical (unpaired) electrons. The largest absolute Gasteiger partial charge is 0.368 e. The Labute approximate surface area is 132 Å². The molecule has 2 saturated carbocycles. The van der Waals surface area contributed by atoms with Gasteiger partial charge in [-0.05, 0) is 62.1 Å². The van der Waals surface area contributed by atoms with Crippen LogP contribution in [-0.2, 0) is 6.54 Å². The summed E-state index contributed by atoms with van der Waals surface area (Å²) in [6, 6.07) is 8.22. The van der Waals surface area contributed by atoms with E-state index < -0.39 is 0 Å². The van der Waals surface area contributed by atoms with E-state index in [1.807, 2.05) is 0 Å². The summed E-state index contributed by atoms with van der Waals surface area (Å²) in [5.74, 6) is 0.925. The van der Waals surface area contributed by atoms with Crippen molar-refractivity contribution in [3.63, 3.8) is 0 Å². The Morgan fingerprint density at radius 2 is 1.95 bits per heavy atom. The number of halogens is 1. The van der Waals surface area contributed by atoms with Gasteiger partial charge in [0, 0.05) is 35.9 Å². The van der Waals surface area contributed by atoms with Crippen molar-refractivity contribution in [3.8, 4) is 0 Å². The molecule has 21 heavy (non-hydrogen) atoms. The van der Waals surface area contributed by atoms with Gasteiger partial charge in [0.1, 0.15) is 0 Å². The molecule has 3 fully saturated rings. The smallest absolute Gasteiger partial charge is 0.0471 e. The maximum absolute atomic E-state index is 6.53. The minimum atomic E-state index is 0.738. The first-order valence-electron chi connectivity index (χ1n) is 8.60. The van der Waals surface area contributed by atoms with Gasteiger partial charge < -0.3 is 10.2 Å². The predicted octanol–water partition coefficient (Wildman–Crippen LogP) is 4.36. The number of nitrogens with one attached hydrogen (secondary N) is 1. The quantitative estimate of drug-likeness (QED) is 0.889. The number of hydrogen-bond donors (Lipinski definition) is 1. The molecule has 0 spiro atoms. The van der Waals surface area contributed by atoms with E-state index in [0.29, 0.717) is 0 Å². The Morgan fingerprint density at radius 1 is 1.10 bits per heavy atom. The molecular formula is C18H25ClN2. The van der Waals surface area contributed by atoms with Crippen LogP contribution in [-0.4, -0.2) is 18.6 Å². The van der Waals surface area contributed by atoms with Crippen LogP contribution in [0.4, 0.5) is 5.69 Å². The fourth-order valence-electron chi connectivity index (χ4n) is 4.17. The van der Waals surface area contributed by atoms with E-state index in [1.165, 1.54) is 62.7 Å². The number of benzene rings is 1. The Balaban J connectivity index is 1.50. The zero-order valence-electron chi connectivity index (χ0n) is 12.7. The highest BCUT2D eigenvalue weighted by Crippen LogP contribution is 2.39. The van der Waals surface area contributed by atoms with Crippen LogP contribution in [0.2, 0.25) is 5.02 Å². The lowest BCUT2D eigenvalue weighted by molar-refractivity contribution is 0.362. The van der Waals surface area contributed by atoms with Crippen molar-refractivity contribution >= 4 is 17.3 Å². The van der Waals surface area contributed by atoms with E-state index in [2.05, 4.69) is 28.4 Å². The molecule has 1 heterocycles. The Hall–Kier alpha value is -0.730. The van der Waals surface area contributed by atoms with Crippen molar-refractivity contribution in [2.24, 2.45) is 5.92 Å². The van der Waals surface area contributed by atoms with Crippen LogP contribution in [0, 0.1) is 5.92 Å². The van der Waals surface area contributed by atoms with Gasteiger partial charge in [-0.1, -0.05) is 24.1 Å². The third-order valence-electron chi connectivity index (χ3n) is 5.52. The molecule has 3 heteroatoms. The number of rotatable bonds is 4. The fourth-order valence-corrected chi connectivity index (χ4v) is 4.42. The highest BCUT2D eigenvalue weighted by atomic mass is 35.5. The summed E-state index contributed by atoms with van der Waals surface area (Å²) in [6.45, 7) is 2.12. The minimum absolute atomic E-state index is 0.738. The summed E-state index contributed by atoms with van der Waals surface area (Å²) < 4.78 is 0. The fraction of sp³-hybridized carbons (Fsp3) is 0.667. The van der Waals surface area contributed by atoms with E-state index in [-0.39, 0.29) is 0 Å². The molecule has 114 valence electrons. The van der Waals surface area contributed by atoms with Crippen LogP contribution < -0.4 is 10.2 Å². The minimum Gasteiger partial charge on any atom is -0.368 e. The Bertz CT molecular complexity index is 512. The number of nitrogens with zero attached hydrogens (tertiary/aromatic N) is 1. The van der Waals surface area contributed by atoms with Gasteiger partial charge in [-0.25, -0.2) is 0 Å². The highest BCUT2D eigenvalue weighted by molar-refractivity contribution is 6.31. The molecule has 1 aromatic carbocycles.